The molecule has 1 N–H and O–H groups in total. The summed E-state index contributed by atoms with van der Waals surface area (Å²) in [5.41, 5.74) is 5.40. The van der Waals surface area contributed by atoms with Crippen molar-refractivity contribution in [1.82, 2.24) is 5.43 Å². The van der Waals surface area contributed by atoms with Gasteiger partial charge in [0.05, 0.1) is 17.1 Å². The van der Waals surface area contributed by atoms with Gasteiger partial charge in [-0.2, -0.15) is 15.2 Å². The fourth-order valence-electron chi connectivity index (χ4n) is 3.32. The monoisotopic (exact) mass is 430 g/mol. The van der Waals surface area contributed by atoms with Gasteiger partial charge < -0.3 is 0 Å². The summed E-state index contributed by atoms with van der Waals surface area (Å²) < 4.78 is 0. The van der Waals surface area contributed by atoms with E-state index in [4.69, 9.17) is 11.6 Å². The van der Waals surface area contributed by atoms with E-state index in [1.807, 2.05) is 60.7 Å². The highest BCUT2D eigenvalue weighted by atomic mass is 35.5. The first kappa shape index (κ1) is 20.5. The number of anilines is 1. The summed E-state index contributed by atoms with van der Waals surface area (Å²) in [4.78, 5) is 25.9. The van der Waals surface area contributed by atoms with Crippen LogP contribution in [0.3, 0.4) is 0 Å². The van der Waals surface area contributed by atoms with Crippen LogP contribution in [0.2, 0.25) is 5.02 Å². The van der Waals surface area contributed by atoms with Gasteiger partial charge in [0.2, 0.25) is 0 Å². The molecule has 1 aliphatic rings. The van der Waals surface area contributed by atoms with Crippen LogP contribution in [-0.4, -0.2) is 23.2 Å². The highest BCUT2D eigenvalue weighted by molar-refractivity contribution is 6.32. The van der Waals surface area contributed by atoms with Crippen molar-refractivity contribution in [1.29, 1.82) is 0 Å². The summed E-state index contributed by atoms with van der Waals surface area (Å²) >= 11 is 5.89. The van der Waals surface area contributed by atoms with E-state index in [1.54, 1.807) is 31.2 Å². The van der Waals surface area contributed by atoms with Gasteiger partial charge in [0, 0.05) is 10.6 Å². The van der Waals surface area contributed by atoms with E-state index in [9.17, 15) is 9.59 Å². The molecular formula is C24H19ClN4O2. The fourth-order valence-corrected chi connectivity index (χ4v) is 3.44. The molecule has 0 aromatic heterocycles. The van der Waals surface area contributed by atoms with Gasteiger partial charge >= 0.3 is 0 Å². The van der Waals surface area contributed by atoms with Gasteiger partial charge in [0.25, 0.3) is 11.8 Å². The molecule has 0 bridgehead atoms. The molecule has 31 heavy (non-hydrogen) atoms. The lowest BCUT2D eigenvalue weighted by atomic mass is 9.93. The van der Waals surface area contributed by atoms with Crippen molar-refractivity contribution in [2.75, 3.05) is 5.01 Å². The van der Waals surface area contributed by atoms with E-state index >= 15 is 0 Å². The second-order valence-corrected chi connectivity index (χ2v) is 7.41. The first-order chi connectivity index (χ1) is 15.0. The normalized spacial score (nSPS) is 16.3. The van der Waals surface area contributed by atoms with Crippen LogP contribution in [0.15, 0.2) is 95.1 Å². The number of para-hydroxylation sites is 1. The number of carbonyl (C=O) groups is 2. The lowest BCUT2D eigenvalue weighted by Crippen LogP contribution is -2.35. The highest BCUT2D eigenvalue weighted by Gasteiger charge is 2.38. The van der Waals surface area contributed by atoms with Crippen LogP contribution >= 0.6 is 11.6 Å². The summed E-state index contributed by atoms with van der Waals surface area (Å²) in [5.74, 6) is -1.34. The number of benzene rings is 3. The zero-order chi connectivity index (χ0) is 21.8. The van der Waals surface area contributed by atoms with E-state index in [1.165, 1.54) is 5.01 Å². The van der Waals surface area contributed by atoms with Crippen molar-refractivity contribution in [3.63, 3.8) is 0 Å². The summed E-state index contributed by atoms with van der Waals surface area (Å²) in [7, 11) is 0. The molecule has 154 valence electrons. The summed E-state index contributed by atoms with van der Waals surface area (Å²) in [6.07, 6.45) is 0. The van der Waals surface area contributed by atoms with Crippen LogP contribution < -0.4 is 10.4 Å². The maximum Gasteiger partial charge on any atom is 0.271 e. The van der Waals surface area contributed by atoms with Crippen molar-refractivity contribution in [2.24, 2.45) is 16.1 Å². The lowest BCUT2D eigenvalue weighted by Gasteiger charge is -2.16. The number of halogens is 1. The Balaban J connectivity index is 1.67. The Hall–Kier alpha value is -3.77. The molecule has 4 rings (SSSR count). The van der Waals surface area contributed by atoms with E-state index in [0.29, 0.717) is 27.7 Å². The molecule has 0 fully saturated rings. The molecule has 3 aromatic carbocycles. The van der Waals surface area contributed by atoms with E-state index in [-0.39, 0.29) is 5.91 Å². The number of hydrogen-bond donors (Lipinski definition) is 1. The largest absolute Gasteiger partial charge is 0.271 e. The van der Waals surface area contributed by atoms with Crippen LogP contribution in [-0.2, 0) is 4.79 Å². The smallest absolute Gasteiger partial charge is 0.271 e. The molecule has 1 atom stereocenters. The Bertz CT molecular complexity index is 1160. The molecule has 3 aromatic rings. The molecule has 6 nitrogen and oxygen atoms in total. The molecule has 0 saturated carbocycles. The van der Waals surface area contributed by atoms with Crippen molar-refractivity contribution in [3.05, 3.63) is 101 Å². The second-order valence-electron chi connectivity index (χ2n) is 6.97. The number of hydrazone groups is 2. The first-order valence-electron chi connectivity index (χ1n) is 9.67. The summed E-state index contributed by atoms with van der Waals surface area (Å²) in [5, 5.41) is 10.7. The molecule has 0 saturated heterocycles. The zero-order valence-corrected chi connectivity index (χ0v) is 17.5. The minimum atomic E-state index is -0.715. The molecule has 0 aliphatic carbocycles. The number of hydrogen-bond acceptors (Lipinski definition) is 4. The van der Waals surface area contributed by atoms with Crippen molar-refractivity contribution in [3.8, 4) is 0 Å². The number of nitrogens with zero attached hydrogens (tertiary/aromatic N) is 3. The molecule has 2 amide bonds. The van der Waals surface area contributed by atoms with Crippen molar-refractivity contribution >= 4 is 40.5 Å². The summed E-state index contributed by atoms with van der Waals surface area (Å²) in [6.45, 7) is 1.78. The van der Waals surface area contributed by atoms with E-state index in [2.05, 4.69) is 15.6 Å². The molecule has 0 spiro atoms. The Kier molecular flexibility index (Phi) is 5.91. The highest BCUT2D eigenvalue weighted by Crippen LogP contribution is 2.26. The maximum atomic E-state index is 13.3. The lowest BCUT2D eigenvalue weighted by molar-refractivity contribution is -0.118. The van der Waals surface area contributed by atoms with E-state index < -0.39 is 11.8 Å². The Labute approximate surface area is 184 Å². The number of amides is 2. The van der Waals surface area contributed by atoms with Gasteiger partial charge in [-0.15, -0.1) is 0 Å². The van der Waals surface area contributed by atoms with Crippen LogP contribution in [0.4, 0.5) is 5.69 Å². The third kappa shape index (κ3) is 4.39. The maximum absolute atomic E-state index is 13.3. The Morgan fingerprint density at radius 1 is 0.935 bits per heavy atom. The Morgan fingerprint density at radius 2 is 1.55 bits per heavy atom. The quantitative estimate of drug-likeness (QED) is 0.477. The third-order valence-corrected chi connectivity index (χ3v) is 5.11. The fraction of sp³-hybridized carbons (Fsp3) is 0.0833. The van der Waals surface area contributed by atoms with E-state index in [0.717, 1.165) is 5.56 Å². The van der Waals surface area contributed by atoms with Gasteiger partial charge in [-0.25, -0.2) is 5.43 Å². The molecule has 1 aliphatic heterocycles. The minimum Gasteiger partial charge on any atom is -0.271 e. The van der Waals surface area contributed by atoms with Gasteiger partial charge in [0.15, 0.2) is 0 Å². The molecular weight excluding hydrogens is 412 g/mol. The number of carbonyl (C=O) groups excluding carboxylic acids is 2. The topological polar surface area (TPSA) is 74.1 Å². The predicted molar refractivity (Wildman–Crippen MR) is 122 cm³/mol. The van der Waals surface area contributed by atoms with Crippen molar-refractivity contribution in [2.45, 2.75) is 6.92 Å². The van der Waals surface area contributed by atoms with Gasteiger partial charge in [-0.1, -0.05) is 60.1 Å². The average Bonchev–Trinajstić information content (AvgIpc) is 3.10. The molecule has 1 heterocycles. The average molecular weight is 431 g/mol. The van der Waals surface area contributed by atoms with Crippen molar-refractivity contribution < 1.29 is 9.59 Å². The Morgan fingerprint density at radius 3 is 2.19 bits per heavy atom. The molecule has 0 unspecified atom stereocenters. The summed E-state index contributed by atoms with van der Waals surface area (Å²) in [6, 6.07) is 25.0. The zero-order valence-electron chi connectivity index (χ0n) is 16.7. The minimum absolute atomic E-state index is 0.230. The van der Waals surface area contributed by atoms with Crippen LogP contribution in [0.1, 0.15) is 22.8 Å². The number of nitrogens with one attached hydrogen (secondary N) is 1. The van der Waals surface area contributed by atoms with Crippen LogP contribution in [0, 0.1) is 5.92 Å². The molecule has 0 radical (unpaired) electrons. The predicted octanol–water partition coefficient (Wildman–Crippen LogP) is 4.51. The molecule has 7 heteroatoms. The van der Waals surface area contributed by atoms with Gasteiger partial charge in [-0.3, -0.25) is 9.59 Å². The number of rotatable bonds is 5. The third-order valence-electron chi connectivity index (χ3n) is 4.86. The van der Waals surface area contributed by atoms with Gasteiger partial charge in [0.1, 0.15) is 5.92 Å². The second kappa shape index (κ2) is 8.93. The first-order valence-corrected chi connectivity index (χ1v) is 10.1. The van der Waals surface area contributed by atoms with Gasteiger partial charge in [-0.05, 0) is 48.9 Å². The van der Waals surface area contributed by atoms with Crippen LogP contribution in [0.5, 0.6) is 0 Å². The standard InChI is InChI=1S/C24H19ClN4O2/c1-16-21(24(31)29(28-16)20-10-6-3-7-11-20)22(17-8-4-2-5-9-17)26-27-23(30)18-12-14-19(25)15-13-18/h2-15,21H,1H3,(H,27,30)/b26-22-/t21-/m1/s1. The SMILES string of the molecule is CC1=NN(c2ccccc2)C(=O)[C@H]1/C(=N\NC(=O)c1ccc(Cl)cc1)c1ccccc1. The van der Waals surface area contributed by atoms with Crippen LogP contribution in [0.25, 0.3) is 0 Å².